The number of hydrogen-bond acceptors (Lipinski definition) is 5. The third-order valence-electron chi connectivity index (χ3n) is 4.76. The Hall–Kier alpha value is -1.96. The van der Waals surface area contributed by atoms with Crippen molar-refractivity contribution in [2.75, 3.05) is 33.3 Å². The van der Waals surface area contributed by atoms with E-state index in [1.807, 2.05) is 12.1 Å². The van der Waals surface area contributed by atoms with Crippen LogP contribution < -0.4 is 0 Å². The minimum Gasteiger partial charge on any atom is -0.395 e. The molecule has 2 heterocycles. The molecule has 0 aliphatic carbocycles. The third kappa shape index (κ3) is 4.60. The average molecular weight is 378 g/mol. The second-order valence-corrected chi connectivity index (χ2v) is 7.10. The maximum Gasteiger partial charge on any atom is 0.275 e. The van der Waals surface area contributed by atoms with E-state index >= 15 is 0 Å². The van der Waals surface area contributed by atoms with Crippen LogP contribution in [0.2, 0.25) is 5.02 Å². The fourth-order valence-corrected chi connectivity index (χ4v) is 3.32. The van der Waals surface area contributed by atoms with Crippen LogP contribution in [0.3, 0.4) is 0 Å². The van der Waals surface area contributed by atoms with Gasteiger partial charge in [0.2, 0.25) is 0 Å². The quantitative estimate of drug-likeness (QED) is 0.831. The maximum atomic E-state index is 12.2. The van der Waals surface area contributed by atoms with Crippen LogP contribution in [0.1, 0.15) is 34.9 Å². The molecule has 1 saturated heterocycles. The van der Waals surface area contributed by atoms with E-state index in [1.165, 1.54) is 10.5 Å². The number of rotatable bonds is 6. The van der Waals surface area contributed by atoms with E-state index in [0.717, 1.165) is 37.5 Å². The summed E-state index contributed by atoms with van der Waals surface area (Å²) in [6.45, 7) is 3.08. The van der Waals surface area contributed by atoms with Gasteiger partial charge in [-0.25, -0.2) is 4.68 Å². The van der Waals surface area contributed by atoms with Gasteiger partial charge in [-0.15, -0.1) is 5.10 Å². The molecule has 7 nitrogen and oxygen atoms in total. The zero-order valence-electron chi connectivity index (χ0n) is 14.9. The molecule has 0 bridgehead atoms. The molecule has 0 atom stereocenters. The van der Waals surface area contributed by atoms with E-state index in [1.54, 1.807) is 17.9 Å². The SMILES string of the molecule is CN(CCO)C(=O)c1cn(C2CCN(Cc3ccc(Cl)cc3)CC2)nn1. The second-order valence-electron chi connectivity index (χ2n) is 6.67. The van der Waals surface area contributed by atoms with Crippen molar-refractivity contribution in [2.45, 2.75) is 25.4 Å². The molecular weight excluding hydrogens is 354 g/mol. The molecule has 0 spiro atoms. The smallest absolute Gasteiger partial charge is 0.275 e. The fourth-order valence-electron chi connectivity index (χ4n) is 3.19. The second kappa shape index (κ2) is 8.62. The van der Waals surface area contributed by atoms with Gasteiger partial charge in [-0.1, -0.05) is 28.9 Å². The van der Waals surface area contributed by atoms with Gasteiger partial charge in [-0.05, 0) is 30.5 Å². The number of likely N-dealkylation sites (tertiary alicyclic amines) is 1. The van der Waals surface area contributed by atoms with E-state index in [-0.39, 0.29) is 25.1 Å². The number of aliphatic hydroxyl groups excluding tert-OH is 1. The molecule has 1 aromatic heterocycles. The summed E-state index contributed by atoms with van der Waals surface area (Å²) in [6, 6.07) is 8.23. The number of halogens is 1. The van der Waals surface area contributed by atoms with E-state index in [2.05, 4.69) is 27.3 Å². The number of aromatic nitrogens is 3. The van der Waals surface area contributed by atoms with Gasteiger partial charge in [0.25, 0.3) is 5.91 Å². The van der Waals surface area contributed by atoms with Crippen LogP contribution in [0.5, 0.6) is 0 Å². The van der Waals surface area contributed by atoms with Gasteiger partial charge in [-0.2, -0.15) is 0 Å². The predicted molar refractivity (Wildman–Crippen MR) is 99.1 cm³/mol. The van der Waals surface area contributed by atoms with Crippen molar-refractivity contribution in [3.63, 3.8) is 0 Å². The predicted octanol–water partition coefficient (Wildman–Crippen LogP) is 1.83. The van der Waals surface area contributed by atoms with Crippen molar-refractivity contribution in [3.05, 3.63) is 46.7 Å². The van der Waals surface area contributed by atoms with Gasteiger partial charge in [0.05, 0.1) is 18.8 Å². The molecular formula is C18H24ClN5O2. The molecule has 0 saturated carbocycles. The van der Waals surface area contributed by atoms with Crippen molar-refractivity contribution in [2.24, 2.45) is 0 Å². The molecule has 8 heteroatoms. The number of likely N-dealkylation sites (N-methyl/N-ethyl adjacent to an activating group) is 1. The third-order valence-corrected chi connectivity index (χ3v) is 5.01. The summed E-state index contributed by atoms with van der Waals surface area (Å²) < 4.78 is 1.81. The minimum atomic E-state index is -0.217. The zero-order chi connectivity index (χ0) is 18.5. The van der Waals surface area contributed by atoms with Crippen molar-refractivity contribution < 1.29 is 9.90 Å². The van der Waals surface area contributed by atoms with Crippen LogP contribution >= 0.6 is 11.6 Å². The molecule has 0 unspecified atom stereocenters. The van der Waals surface area contributed by atoms with Crippen LogP contribution in [-0.2, 0) is 6.54 Å². The Kier molecular flexibility index (Phi) is 6.24. The number of hydrogen-bond donors (Lipinski definition) is 1. The zero-order valence-corrected chi connectivity index (χ0v) is 15.6. The van der Waals surface area contributed by atoms with Crippen molar-refractivity contribution in [1.29, 1.82) is 0 Å². The van der Waals surface area contributed by atoms with Gasteiger partial charge in [0.1, 0.15) is 0 Å². The summed E-state index contributed by atoms with van der Waals surface area (Å²) in [4.78, 5) is 16.1. The summed E-state index contributed by atoms with van der Waals surface area (Å²) in [5.41, 5.74) is 1.58. The summed E-state index contributed by atoms with van der Waals surface area (Å²) in [7, 11) is 1.65. The number of aliphatic hydroxyl groups is 1. The Morgan fingerprint density at radius 1 is 1.31 bits per heavy atom. The Balaban J connectivity index is 1.53. The Morgan fingerprint density at radius 3 is 2.65 bits per heavy atom. The van der Waals surface area contributed by atoms with Crippen LogP contribution in [0.15, 0.2) is 30.5 Å². The summed E-state index contributed by atoms with van der Waals surface area (Å²) in [6.07, 6.45) is 3.66. The number of nitrogens with zero attached hydrogens (tertiary/aromatic N) is 5. The highest BCUT2D eigenvalue weighted by atomic mass is 35.5. The Bertz CT molecular complexity index is 725. The molecule has 0 radical (unpaired) electrons. The lowest BCUT2D eigenvalue weighted by Gasteiger charge is -2.31. The molecule has 1 aromatic carbocycles. The van der Waals surface area contributed by atoms with Gasteiger partial charge in [0, 0.05) is 38.2 Å². The highest BCUT2D eigenvalue weighted by Crippen LogP contribution is 2.23. The largest absolute Gasteiger partial charge is 0.395 e. The maximum absolute atomic E-state index is 12.2. The first kappa shape index (κ1) is 18.8. The average Bonchev–Trinajstić information content (AvgIpc) is 3.14. The number of benzene rings is 1. The number of piperidine rings is 1. The van der Waals surface area contributed by atoms with Crippen LogP contribution in [-0.4, -0.2) is 69.1 Å². The van der Waals surface area contributed by atoms with Gasteiger partial charge < -0.3 is 10.0 Å². The lowest BCUT2D eigenvalue weighted by molar-refractivity contribution is 0.0761. The normalized spacial score (nSPS) is 16.0. The van der Waals surface area contributed by atoms with Gasteiger partial charge in [0.15, 0.2) is 5.69 Å². The summed E-state index contributed by atoms with van der Waals surface area (Å²) >= 11 is 5.93. The highest BCUT2D eigenvalue weighted by molar-refractivity contribution is 6.30. The minimum absolute atomic E-state index is 0.0670. The van der Waals surface area contributed by atoms with E-state index in [9.17, 15) is 4.79 Å². The van der Waals surface area contributed by atoms with Crippen molar-refractivity contribution >= 4 is 17.5 Å². The first-order chi connectivity index (χ1) is 12.6. The lowest BCUT2D eigenvalue weighted by atomic mass is 10.0. The van der Waals surface area contributed by atoms with Crippen LogP contribution in [0, 0.1) is 0 Å². The first-order valence-corrected chi connectivity index (χ1v) is 9.19. The van der Waals surface area contributed by atoms with Crippen molar-refractivity contribution in [3.8, 4) is 0 Å². The molecule has 1 fully saturated rings. The topological polar surface area (TPSA) is 74.5 Å². The van der Waals surface area contributed by atoms with Crippen LogP contribution in [0.4, 0.5) is 0 Å². The molecule has 1 aliphatic heterocycles. The molecule has 3 rings (SSSR count). The highest BCUT2D eigenvalue weighted by Gasteiger charge is 2.23. The summed E-state index contributed by atoms with van der Waals surface area (Å²) in [5, 5.41) is 17.8. The standard InChI is InChI=1S/C18H24ClN5O2/c1-22(10-11-25)18(26)17-13-24(21-20-17)16-6-8-23(9-7-16)12-14-2-4-15(19)5-3-14/h2-5,13,16,25H,6-12H2,1H3. The molecule has 26 heavy (non-hydrogen) atoms. The Morgan fingerprint density at radius 2 is 2.00 bits per heavy atom. The van der Waals surface area contributed by atoms with E-state index in [4.69, 9.17) is 16.7 Å². The fraction of sp³-hybridized carbons (Fsp3) is 0.500. The van der Waals surface area contributed by atoms with Gasteiger partial charge >= 0.3 is 0 Å². The summed E-state index contributed by atoms with van der Waals surface area (Å²) in [5.74, 6) is -0.217. The number of carbonyl (C=O) groups is 1. The lowest BCUT2D eigenvalue weighted by Crippen LogP contribution is -2.34. The molecule has 140 valence electrons. The number of carbonyl (C=O) groups excluding carboxylic acids is 1. The monoisotopic (exact) mass is 377 g/mol. The van der Waals surface area contributed by atoms with E-state index in [0.29, 0.717) is 5.69 Å². The molecule has 1 N–H and O–H groups in total. The van der Waals surface area contributed by atoms with Gasteiger partial charge in [-0.3, -0.25) is 9.69 Å². The van der Waals surface area contributed by atoms with Crippen molar-refractivity contribution in [1.82, 2.24) is 24.8 Å². The molecule has 1 aliphatic rings. The van der Waals surface area contributed by atoms with Crippen LogP contribution in [0.25, 0.3) is 0 Å². The number of amides is 1. The molecule has 1 amide bonds. The first-order valence-electron chi connectivity index (χ1n) is 8.82. The Labute approximate surface area is 158 Å². The van der Waals surface area contributed by atoms with E-state index < -0.39 is 0 Å². The molecule has 2 aromatic rings.